The fourth-order valence-electron chi connectivity index (χ4n) is 3.11. The highest BCUT2D eigenvalue weighted by Crippen LogP contribution is 2.19. The molecule has 0 spiro atoms. The molecule has 0 saturated carbocycles. The summed E-state index contributed by atoms with van der Waals surface area (Å²) in [4.78, 5) is 25.2. The molecule has 0 aliphatic carbocycles. The van der Waals surface area contributed by atoms with E-state index in [2.05, 4.69) is 22.5 Å². The number of hydrogen-bond acceptors (Lipinski definition) is 5. The van der Waals surface area contributed by atoms with Crippen LogP contribution in [-0.2, 0) is 0 Å². The van der Waals surface area contributed by atoms with Crippen LogP contribution in [0.1, 0.15) is 52.9 Å². The average molecular weight is 309 g/mol. The summed E-state index contributed by atoms with van der Waals surface area (Å²) < 4.78 is 0. The van der Waals surface area contributed by atoms with Crippen molar-refractivity contribution in [3.63, 3.8) is 0 Å². The van der Waals surface area contributed by atoms with E-state index in [0.29, 0.717) is 11.4 Å². The molecule has 1 aliphatic heterocycles. The largest absolute Gasteiger partial charge is 0.383 e. The van der Waals surface area contributed by atoms with E-state index in [1.807, 2.05) is 13.8 Å². The third kappa shape index (κ3) is 4.32. The quantitative estimate of drug-likeness (QED) is 0.598. The van der Waals surface area contributed by atoms with Gasteiger partial charge in [-0.2, -0.15) is 0 Å². The van der Waals surface area contributed by atoms with Gasteiger partial charge >= 0.3 is 0 Å². The molecule has 1 heterocycles. The molecule has 1 fully saturated rings. The van der Waals surface area contributed by atoms with Gasteiger partial charge in [-0.25, -0.2) is 0 Å². The number of nitrogens with one attached hydrogen (secondary N) is 2. The van der Waals surface area contributed by atoms with Crippen LogP contribution in [0.4, 0.5) is 11.4 Å². The van der Waals surface area contributed by atoms with Crippen molar-refractivity contribution in [3.8, 4) is 0 Å². The zero-order chi connectivity index (χ0) is 16.5. The summed E-state index contributed by atoms with van der Waals surface area (Å²) in [6, 6.07) is 0.725. The second-order valence-corrected chi connectivity index (χ2v) is 5.53. The summed E-state index contributed by atoms with van der Waals surface area (Å²) >= 11 is 0. The van der Waals surface area contributed by atoms with Gasteiger partial charge in [-0.15, -0.1) is 0 Å². The van der Waals surface area contributed by atoms with Crippen LogP contribution in [0.25, 0.3) is 0 Å². The Hall–Kier alpha value is -1.36. The first-order valence-electron chi connectivity index (χ1n) is 8.68. The second-order valence-electron chi connectivity index (χ2n) is 5.53. The molecule has 1 unspecified atom stereocenters. The van der Waals surface area contributed by atoms with Crippen molar-refractivity contribution in [3.05, 3.63) is 20.4 Å². The number of piperidine rings is 1. The number of likely N-dealkylation sites (tertiary alicyclic amines) is 1. The van der Waals surface area contributed by atoms with Gasteiger partial charge in [0.2, 0.25) is 0 Å². The highest BCUT2D eigenvalue weighted by atomic mass is 16.2. The lowest BCUT2D eigenvalue weighted by atomic mass is 10.00. The van der Waals surface area contributed by atoms with Crippen molar-refractivity contribution in [1.29, 1.82) is 0 Å². The van der Waals surface area contributed by atoms with Crippen molar-refractivity contribution in [1.82, 2.24) is 4.90 Å². The predicted molar refractivity (Wildman–Crippen MR) is 94.9 cm³/mol. The standard InChI is InChI=1S/C15H25N3O2.C2H6/c1-3-11-7-4-5-9-18(11)10-6-8-17-13-12(16-2)14(19)15(13)20;1-2/h11,16-17H,3-10H2,1-2H3;1-2H3. The first kappa shape index (κ1) is 18.7. The molecule has 126 valence electrons. The fourth-order valence-corrected chi connectivity index (χ4v) is 3.11. The van der Waals surface area contributed by atoms with Crippen molar-refractivity contribution < 1.29 is 0 Å². The maximum atomic E-state index is 11.4. The lowest BCUT2D eigenvalue weighted by Gasteiger charge is -2.35. The van der Waals surface area contributed by atoms with Crippen LogP contribution in [-0.4, -0.2) is 37.6 Å². The molecule has 2 N–H and O–H groups in total. The van der Waals surface area contributed by atoms with Crippen LogP contribution in [0.5, 0.6) is 0 Å². The van der Waals surface area contributed by atoms with Gasteiger partial charge in [0, 0.05) is 26.2 Å². The maximum Gasteiger partial charge on any atom is 0.253 e. The normalized spacial score (nSPS) is 18.6. The Morgan fingerprint density at radius 3 is 2.45 bits per heavy atom. The van der Waals surface area contributed by atoms with Gasteiger partial charge in [0.25, 0.3) is 10.9 Å². The number of hydrogen-bond donors (Lipinski definition) is 2. The molecule has 0 radical (unpaired) electrons. The molecule has 1 aliphatic rings. The maximum absolute atomic E-state index is 11.4. The first-order chi connectivity index (χ1) is 10.7. The first-order valence-corrected chi connectivity index (χ1v) is 8.68. The highest BCUT2D eigenvalue weighted by molar-refractivity contribution is 5.73. The Balaban J connectivity index is 0.00000116. The lowest BCUT2D eigenvalue weighted by Crippen LogP contribution is -2.40. The molecule has 5 heteroatoms. The van der Waals surface area contributed by atoms with Crippen molar-refractivity contribution in [2.45, 2.75) is 58.9 Å². The van der Waals surface area contributed by atoms with E-state index < -0.39 is 10.9 Å². The van der Waals surface area contributed by atoms with E-state index in [-0.39, 0.29) is 0 Å². The minimum absolute atomic E-state index is 0.390. The van der Waals surface area contributed by atoms with Gasteiger partial charge in [0.1, 0.15) is 11.4 Å². The van der Waals surface area contributed by atoms with Gasteiger partial charge in [-0.1, -0.05) is 27.2 Å². The third-order valence-corrected chi connectivity index (χ3v) is 4.30. The van der Waals surface area contributed by atoms with Gasteiger partial charge in [-0.3, -0.25) is 9.59 Å². The van der Waals surface area contributed by atoms with Crippen LogP contribution in [0.3, 0.4) is 0 Å². The van der Waals surface area contributed by atoms with E-state index in [9.17, 15) is 9.59 Å². The molecular weight excluding hydrogens is 278 g/mol. The zero-order valence-corrected chi connectivity index (χ0v) is 14.5. The van der Waals surface area contributed by atoms with Crippen LogP contribution in [0, 0.1) is 0 Å². The van der Waals surface area contributed by atoms with E-state index in [0.717, 1.165) is 25.6 Å². The topological polar surface area (TPSA) is 61.4 Å². The minimum atomic E-state index is -0.405. The Morgan fingerprint density at radius 2 is 1.82 bits per heavy atom. The summed E-state index contributed by atoms with van der Waals surface area (Å²) in [5, 5.41) is 5.87. The molecular formula is C17H31N3O2. The van der Waals surface area contributed by atoms with Crippen LogP contribution < -0.4 is 21.5 Å². The molecule has 0 aromatic heterocycles. The van der Waals surface area contributed by atoms with Crippen molar-refractivity contribution in [2.75, 3.05) is 37.3 Å². The number of nitrogens with zero attached hydrogens (tertiary/aromatic N) is 1. The van der Waals surface area contributed by atoms with Gasteiger partial charge < -0.3 is 15.5 Å². The van der Waals surface area contributed by atoms with Crippen molar-refractivity contribution >= 4 is 11.4 Å². The Kier molecular flexibility index (Phi) is 8.17. The Labute approximate surface area is 133 Å². The molecule has 0 bridgehead atoms. The summed E-state index contributed by atoms with van der Waals surface area (Å²) in [5.41, 5.74) is 0.0958. The monoisotopic (exact) mass is 309 g/mol. The number of anilines is 2. The fraction of sp³-hybridized carbons (Fsp3) is 0.765. The summed E-state index contributed by atoms with van der Waals surface area (Å²) in [6.45, 7) is 9.26. The molecule has 1 aromatic rings. The van der Waals surface area contributed by atoms with Crippen molar-refractivity contribution in [2.24, 2.45) is 0 Å². The summed E-state index contributed by atoms with van der Waals surface area (Å²) in [6.07, 6.45) is 6.17. The molecule has 1 atom stereocenters. The smallest absolute Gasteiger partial charge is 0.253 e. The number of rotatable bonds is 7. The molecule has 5 nitrogen and oxygen atoms in total. The van der Waals surface area contributed by atoms with Crippen LogP contribution in [0.2, 0.25) is 0 Å². The molecule has 1 aromatic carbocycles. The second kappa shape index (κ2) is 9.62. The summed E-state index contributed by atoms with van der Waals surface area (Å²) in [7, 11) is 1.67. The average Bonchev–Trinajstić information content (AvgIpc) is 2.59. The predicted octanol–water partition coefficient (Wildman–Crippen LogP) is 2.42. The molecule has 22 heavy (non-hydrogen) atoms. The summed E-state index contributed by atoms with van der Waals surface area (Å²) in [5.74, 6) is 0. The highest BCUT2D eigenvalue weighted by Gasteiger charge is 2.21. The van der Waals surface area contributed by atoms with E-state index in [1.54, 1.807) is 7.05 Å². The third-order valence-electron chi connectivity index (χ3n) is 4.30. The zero-order valence-electron chi connectivity index (χ0n) is 14.5. The van der Waals surface area contributed by atoms with Gasteiger partial charge in [0.15, 0.2) is 0 Å². The Bertz CT molecular complexity index is 506. The van der Waals surface area contributed by atoms with Crippen LogP contribution >= 0.6 is 0 Å². The van der Waals surface area contributed by atoms with Gasteiger partial charge in [-0.05, 0) is 32.2 Å². The molecule has 2 rings (SSSR count). The van der Waals surface area contributed by atoms with Gasteiger partial charge in [0.05, 0.1) is 0 Å². The van der Waals surface area contributed by atoms with E-state index in [4.69, 9.17) is 0 Å². The van der Waals surface area contributed by atoms with E-state index in [1.165, 1.54) is 32.2 Å². The molecule has 0 amide bonds. The molecule has 1 saturated heterocycles. The van der Waals surface area contributed by atoms with E-state index >= 15 is 0 Å². The minimum Gasteiger partial charge on any atom is -0.383 e. The van der Waals surface area contributed by atoms with Crippen LogP contribution in [0.15, 0.2) is 9.59 Å². The Morgan fingerprint density at radius 1 is 1.14 bits per heavy atom. The lowest BCUT2D eigenvalue weighted by molar-refractivity contribution is 0.144. The SMILES string of the molecule is CC.CCC1CCCCN1CCCNc1c(NC)c(=O)c1=O.